The second kappa shape index (κ2) is 6.76. The van der Waals surface area contributed by atoms with E-state index in [1.807, 2.05) is 6.07 Å². The molecule has 2 N–H and O–H groups in total. The summed E-state index contributed by atoms with van der Waals surface area (Å²) in [6.45, 7) is -0.269. The van der Waals surface area contributed by atoms with E-state index in [4.69, 9.17) is 0 Å². The molecule has 2 aromatic rings. The summed E-state index contributed by atoms with van der Waals surface area (Å²) in [5.74, 6) is 0. The molecule has 0 aliphatic carbocycles. The van der Waals surface area contributed by atoms with Crippen molar-refractivity contribution >= 4 is 21.2 Å². The summed E-state index contributed by atoms with van der Waals surface area (Å²) in [5, 5.41) is 23.6. The first-order valence-corrected chi connectivity index (χ1v) is 8.63. The normalized spacial score (nSPS) is 12.6. The number of aliphatic hydroxyl groups is 1. The number of rotatable bonds is 6. The first-order valence-electron chi connectivity index (χ1n) is 6.74. The van der Waals surface area contributed by atoms with Gasteiger partial charge in [0.1, 0.15) is 5.69 Å². The van der Waals surface area contributed by atoms with E-state index in [9.17, 15) is 23.6 Å². The fourth-order valence-corrected chi connectivity index (χ4v) is 2.76. The molecule has 0 saturated heterocycles. The van der Waals surface area contributed by atoms with Gasteiger partial charge >= 0.3 is 0 Å². The van der Waals surface area contributed by atoms with Crippen molar-refractivity contribution in [1.82, 2.24) is 0 Å². The monoisotopic (exact) mass is 336 g/mol. The Morgan fingerprint density at radius 2 is 1.87 bits per heavy atom. The van der Waals surface area contributed by atoms with Gasteiger partial charge in [0.25, 0.3) is 5.69 Å². The highest BCUT2D eigenvalue weighted by atomic mass is 32.2. The highest BCUT2D eigenvalue weighted by Gasteiger charge is 2.21. The fraction of sp³-hybridized carbons (Fsp3) is 0.200. The molecule has 23 heavy (non-hydrogen) atoms. The lowest BCUT2D eigenvalue weighted by atomic mass is 10.1. The first kappa shape index (κ1) is 16.9. The number of nitro groups is 1. The summed E-state index contributed by atoms with van der Waals surface area (Å²) in [6, 6.07) is 12.1. The van der Waals surface area contributed by atoms with Crippen LogP contribution < -0.4 is 5.32 Å². The minimum Gasteiger partial charge on any atom is -0.394 e. The Bertz CT molecular complexity index is 806. The van der Waals surface area contributed by atoms with Crippen molar-refractivity contribution in [3.8, 4) is 0 Å². The third-order valence-electron chi connectivity index (χ3n) is 3.31. The zero-order valence-corrected chi connectivity index (χ0v) is 13.2. The van der Waals surface area contributed by atoms with Gasteiger partial charge in [-0.05, 0) is 17.7 Å². The molecule has 0 amide bonds. The Labute approximate surface area is 133 Å². The van der Waals surface area contributed by atoms with Crippen LogP contribution in [-0.2, 0) is 9.84 Å². The summed E-state index contributed by atoms with van der Waals surface area (Å²) in [6.07, 6.45) is 0.986. The lowest BCUT2D eigenvalue weighted by Gasteiger charge is -2.18. The predicted octanol–water partition coefficient (Wildman–Crippen LogP) is 2.14. The number of nitro benzene ring substituents is 1. The van der Waals surface area contributed by atoms with Crippen LogP contribution >= 0.6 is 0 Å². The molecule has 2 aromatic carbocycles. The van der Waals surface area contributed by atoms with Gasteiger partial charge in [-0.1, -0.05) is 30.3 Å². The second-order valence-corrected chi connectivity index (χ2v) is 7.01. The molecule has 0 bridgehead atoms. The van der Waals surface area contributed by atoms with Crippen molar-refractivity contribution in [2.75, 3.05) is 18.2 Å². The highest BCUT2D eigenvalue weighted by Crippen LogP contribution is 2.30. The van der Waals surface area contributed by atoms with Crippen LogP contribution in [-0.4, -0.2) is 31.3 Å². The summed E-state index contributed by atoms with van der Waals surface area (Å²) in [5.41, 5.74) is 0.545. The first-order chi connectivity index (χ1) is 10.8. The summed E-state index contributed by atoms with van der Waals surface area (Å²) in [4.78, 5) is 10.4. The molecule has 0 spiro atoms. The van der Waals surface area contributed by atoms with Gasteiger partial charge in [-0.3, -0.25) is 10.1 Å². The van der Waals surface area contributed by atoms with E-state index >= 15 is 0 Å². The van der Waals surface area contributed by atoms with Gasteiger partial charge in [-0.15, -0.1) is 0 Å². The van der Waals surface area contributed by atoms with Gasteiger partial charge < -0.3 is 10.4 Å². The van der Waals surface area contributed by atoms with Gasteiger partial charge in [-0.2, -0.15) is 0 Å². The molecular weight excluding hydrogens is 320 g/mol. The number of hydrogen-bond acceptors (Lipinski definition) is 6. The van der Waals surface area contributed by atoms with Crippen LogP contribution in [0.1, 0.15) is 11.6 Å². The van der Waals surface area contributed by atoms with E-state index in [1.54, 1.807) is 24.3 Å². The number of sulfone groups is 1. The maximum Gasteiger partial charge on any atom is 0.293 e. The molecule has 0 aliphatic rings. The molecule has 7 nitrogen and oxygen atoms in total. The Morgan fingerprint density at radius 3 is 2.39 bits per heavy atom. The number of benzene rings is 2. The van der Waals surface area contributed by atoms with Crippen molar-refractivity contribution in [1.29, 1.82) is 0 Å². The molecule has 0 heterocycles. The molecule has 2 rings (SSSR count). The molecule has 1 atom stereocenters. The lowest BCUT2D eigenvalue weighted by Crippen LogP contribution is -2.15. The predicted molar refractivity (Wildman–Crippen MR) is 86.1 cm³/mol. The van der Waals surface area contributed by atoms with E-state index in [0.717, 1.165) is 17.9 Å². The Balaban J connectivity index is 2.41. The van der Waals surface area contributed by atoms with Crippen molar-refractivity contribution < 1.29 is 18.4 Å². The number of nitrogens with one attached hydrogen (secondary N) is 1. The molecule has 122 valence electrons. The van der Waals surface area contributed by atoms with Gasteiger partial charge in [0.15, 0.2) is 9.84 Å². The molecule has 0 aliphatic heterocycles. The standard InChI is InChI=1S/C15H16N2O5S/c1-23(21,22)12-7-8-13(15(9-12)17(19)20)16-14(10-18)11-5-3-2-4-6-11/h2-9,14,16,18H,10H2,1H3. The summed E-state index contributed by atoms with van der Waals surface area (Å²) < 4.78 is 23.1. The number of hydrogen-bond donors (Lipinski definition) is 2. The Kier molecular flexibility index (Phi) is 4.97. The minimum absolute atomic E-state index is 0.130. The van der Waals surface area contributed by atoms with Gasteiger partial charge in [0, 0.05) is 12.3 Å². The van der Waals surface area contributed by atoms with E-state index in [-0.39, 0.29) is 22.9 Å². The molecule has 0 radical (unpaired) electrons. The van der Waals surface area contributed by atoms with Crippen LogP contribution in [0.3, 0.4) is 0 Å². The summed E-state index contributed by atoms with van der Waals surface area (Å²) in [7, 11) is -3.54. The van der Waals surface area contributed by atoms with E-state index in [1.165, 1.54) is 12.1 Å². The highest BCUT2D eigenvalue weighted by molar-refractivity contribution is 7.90. The third-order valence-corrected chi connectivity index (χ3v) is 4.42. The largest absolute Gasteiger partial charge is 0.394 e. The van der Waals surface area contributed by atoms with Gasteiger partial charge in [0.05, 0.1) is 22.5 Å². The van der Waals surface area contributed by atoms with Crippen LogP contribution in [0, 0.1) is 10.1 Å². The average molecular weight is 336 g/mol. The van der Waals surface area contributed by atoms with Crippen LogP contribution in [0.5, 0.6) is 0 Å². The van der Waals surface area contributed by atoms with Crippen LogP contribution in [0.2, 0.25) is 0 Å². The van der Waals surface area contributed by atoms with Gasteiger partial charge in [0.2, 0.25) is 0 Å². The molecule has 0 fully saturated rings. The number of aliphatic hydroxyl groups excluding tert-OH is 1. The Morgan fingerprint density at radius 1 is 1.22 bits per heavy atom. The molecule has 8 heteroatoms. The molecule has 0 aromatic heterocycles. The maximum atomic E-state index is 11.5. The topological polar surface area (TPSA) is 110 Å². The van der Waals surface area contributed by atoms with Crippen LogP contribution in [0.15, 0.2) is 53.4 Å². The maximum absolute atomic E-state index is 11.5. The molecule has 0 saturated carbocycles. The van der Waals surface area contributed by atoms with Crippen molar-refractivity contribution in [3.05, 3.63) is 64.2 Å². The van der Waals surface area contributed by atoms with Crippen LogP contribution in [0.25, 0.3) is 0 Å². The number of anilines is 1. The van der Waals surface area contributed by atoms with E-state index in [0.29, 0.717) is 0 Å². The van der Waals surface area contributed by atoms with Crippen LogP contribution in [0.4, 0.5) is 11.4 Å². The smallest absolute Gasteiger partial charge is 0.293 e. The third kappa shape index (κ3) is 4.05. The zero-order valence-electron chi connectivity index (χ0n) is 12.3. The minimum atomic E-state index is -3.54. The fourth-order valence-electron chi connectivity index (χ4n) is 2.12. The quantitative estimate of drug-likeness (QED) is 0.618. The second-order valence-electron chi connectivity index (χ2n) is 5.00. The average Bonchev–Trinajstić information content (AvgIpc) is 2.52. The molecular formula is C15H16N2O5S. The Hall–Kier alpha value is -2.45. The van der Waals surface area contributed by atoms with E-state index < -0.39 is 20.8 Å². The van der Waals surface area contributed by atoms with Crippen molar-refractivity contribution in [3.63, 3.8) is 0 Å². The zero-order chi connectivity index (χ0) is 17.0. The van der Waals surface area contributed by atoms with Crippen molar-refractivity contribution in [2.24, 2.45) is 0 Å². The van der Waals surface area contributed by atoms with Crippen molar-refractivity contribution in [2.45, 2.75) is 10.9 Å². The number of nitrogens with zero attached hydrogens (tertiary/aromatic N) is 1. The summed E-state index contributed by atoms with van der Waals surface area (Å²) >= 11 is 0. The molecule has 1 unspecified atom stereocenters. The SMILES string of the molecule is CS(=O)(=O)c1ccc(NC(CO)c2ccccc2)c([N+](=O)[O-])c1. The van der Waals surface area contributed by atoms with Gasteiger partial charge in [-0.25, -0.2) is 8.42 Å². The lowest BCUT2D eigenvalue weighted by molar-refractivity contribution is -0.384. The van der Waals surface area contributed by atoms with E-state index in [2.05, 4.69) is 5.32 Å².